The fourth-order valence-electron chi connectivity index (χ4n) is 2.74. The van der Waals surface area contributed by atoms with Crippen LogP contribution < -0.4 is 4.72 Å². The summed E-state index contributed by atoms with van der Waals surface area (Å²) in [6.45, 7) is 1.92. The zero-order chi connectivity index (χ0) is 14.2. The number of sulfonamides is 1. The molecule has 0 radical (unpaired) electrons. The maximum absolute atomic E-state index is 12.4. The summed E-state index contributed by atoms with van der Waals surface area (Å²) in [5, 5.41) is 3.81. The minimum absolute atomic E-state index is 0.303. The lowest BCUT2D eigenvalue weighted by molar-refractivity contribution is 0.486. The lowest BCUT2D eigenvalue weighted by Gasteiger charge is -2.22. The molecule has 2 heterocycles. The largest absolute Gasteiger partial charge is 0.265 e. The molecule has 0 spiro atoms. The summed E-state index contributed by atoms with van der Waals surface area (Å²) in [7, 11) is -3.37. The van der Waals surface area contributed by atoms with Gasteiger partial charge in [0.1, 0.15) is 11.8 Å². The predicted molar refractivity (Wildman–Crippen MR) is 77.1 cm³/mol. The van der Waals surface area contributed by atoms with E-state index in [1.807, 2.05) is 19.1 Å². The molecule has 1 aliphatic carbocycles. The van der Waals surface area contributed by atoms with E-state index in [1.54, 1.807) is 4.52 Å². The highest BCUT2D eigenvalue weighted by Gasteiger charge is 2.28. The van der Waals surface area contributed by atoms with Gasteiger partial charge in [-0.05, 0) is 31.9 Å². The molecule has 1 fully saturated rings. The Balaban J connectivity index is 1.92. The number of rotatable bonds is 3. The fraction of sp³-hybridized carbons (Fsp3) is 0.538. The Bertz CT molecular complexity index is 717. The number of hydrogen-bond donors (Lipinski definition) is 1. The molecule has 0 atom stereocenters. The molecule has 1 saturated carbocycles. The highest BCUT2D eigenvalue weighted by molar-refractivity contribution is 7.93. The van der Waals surface area contributed by atoms with Crippen molar-refractivity contribution >= 4 is 21.4 Å². The number of aryl methyl sites for hydroxylation is 1. The van der Waals surface area contributed by atoms with Crippen LogP contribution in [-0.2, 0) is 10.0 Å². The Kier molecular flexibility index (Phi) is 3.37. The van der Waals surface area contributed by atoms with Gasteiger partial charge in [-0.2, -0.15) is 5.10 Å². The first-order valence-electron chi connectivity index (χ1n) is 6.89. The maximum atomic E-state index is 12.4. The summed E-state index contributed by atoms with van der Waals surface area (Å²) in [5.41, 5.74) is 1.63. The van der Waals surface area contributed by atoms with Crippen LogP contribution in [0.1, 0.15) is 37.8 Å². The van der Waals surface area contributed by atoms with Crippen LogP contribution in [0.5, 0.6) is 0 Å². The third-order valence-electron chi connectivity index (χ3n) is 3.87. The summed E-state index contributed by atoms with van der Waals surface area (Å²) in [6, 6.07) is 3.72. The van der Waals surface area contributed by atoms with Gasteiger partial charge in [-0.3, -0.25) is 4.72 Å². The molecule has 108 valence electrons. The third-order valence-corrected chi connectivity index (χ3v) is 5.70. The topological polar surface area (TPSA) is 76.4 Å². The van der Waals surface area contributed by atoms with Crippen LogP contribution >= 0.6 is 0 Å². The van der Waals surface area contributed by atoms with E-state index in [0.29, 0.717) is 11.3 Å². The van der Waals surface area contributed by atoms with Gasteiger partial charge < -0.3 is 0 Å². The summed E-state index contributed by atoms with van der Waals surface area (Å²) in [5.74, 6) is 0.360. The number of fused-ring (bicyclic) bond motifs is 1. The van der Waals surface area contributed by atoms with E-state index in [9.17, 15) is 8.42 Å². The predicted octanol–water partition coefficient (Wildman–Crippen LogP) is 2.11. The Hall–Kier alpha value is -1.63. The van der Waals surface area contributed by atoms with Gasteiger partial charge in [0.05, 0.1) is 5.25 Å². The first kappa shape index (κ1) is 13.4. The standard InChI is InChI=1S/C13H18N4O2S/c1-10-7-8-12-13(14-9-15-17(10)12)16-20(18,19)11-5-3-2-4-6-11/h7-9,11H,2-6H2,1H3,(H,14,15,16). The van der Waals surface area contributed by atoms with Gasteiger partial charge in [-0.1, -0.05) is 19.3 Å². The molecule has 6 nitrogen and oxygen atoms in total. The van der Waals surface area contributed by atoms with Gasteiger partial charge in [0.2, 0.25) is 10.0 Å². The number of aromatic nitrogens is 3. The molecule has 0 aliphatic heterocycles. The second kappa shape index (κ2) is 5.05. The van der Waals surface area contributed by atoms with E-state index < -0.39 is 10.0 Å². The van der Waals surface area contributed by atoms with Crippen LogP contribution in [0.25, 0.3) is 5.52 Å². The van der Waals surface area contributed by atoms with E-state index in [-0.39, 0.29) is 5.25 Å². The SMILES string of the molecule is Cc1ccc2c(NS(=O)(=O)C3CCCCC3)ncnn12. The smallest absolute Gasteiger partial charge is 0.236 e. The zero-order valence-corrected chi connectivity index (χ0v) is 12.2. The van der Waals surface area contributed by atoms with Crippen LogP contribution in [0, 0.1) is 6.92 Å². The Morgan fingerprint density at radius 1 is 1.25 bits per heavy atom. The molecule has 2 aromatic heterocycles. The average molecular weight is 294 g/mol. The van der Waals surface area contributed by atoms with Crippen molar-refractivity contribution in [2.45, 2.75) is 44.3 Å². The maximum Gasteiger partial charge on any atom is 0.236 e. The summed E-state index contributed by atoms with van der Waals surface area (Å²) >= 11 is 0. The number of anilines is 1. The molecule has 7 heteroatoms. The molecular weight excluding hydrogens is 276 g/mol. The van der Waals surface area contributed by atoms with Gasteiger partial charge in [-0.25, -0.2) is 17.9 Å². The molecule has 20 heavy (non-hydrogen) atoms. The second-order valence-electron chi connectivity index (χ2n) is 5.29. The minimum atomic E-state index is -3.37. The van der Waals surface area contributed by atoms with E-state index in [0.717, 1.165) is 37.8 Å². The van der Waals surface area contributed by atoms with Crippen molar-refractivity contribution in [3.8, 4) is 0 Å². The van der Waals surface area contributed by atoms with E-state index in [4.69, 9.17) is 0 Å². The summed E-state index contributed by atoms with van der Waals surface area (Å²) in [4.78, 5) is 4.08. The highest BCUT2D eigenvalue weighted by Crippen LogP contribution is 2.26. The van der Waals surface area contributed by atoms with Crippen molar-refractivity contribution in [3.63, 3.8) is 0 Å². The van der Waals surface area contributed by atoms with Crippen molar-refractivity contribution in [2.24, 2.45) is 0 Å². The van der Waals surface area contributed by atoms with Crippen LogP contribution in [0.4, 0.5) is 5.82 Å². The molecule has 2 aromatic rings. The van der Waals surface area contributed by atoms with Crippen LogP contribution in [0.3, 0.4) is 0 Å². The molecule has 0 aromatic carbocycles. The third kappa shape index (κ3) is 2.37. The average Bonchev–Trinajstić information content (AvgIpc) is 2.83. The first-order chi connectivity index (χ1) is 9.58. The highest BCUT2D eigenvalue weighted by atomic mass is 32.2. The lowest BCUT2D eigenvalue weighted by atomic mass is 10.0. The van der Waals surface area contributed by atoms with Crippen LogP contribution in [-0.4, -0.2) is 28.3 Å². The summed E-state index contributed by atoms with van der Waals surface area (Å²) in [6.07, 6.45) is 5.93. The van der Waals surface area contributed by atoms with Crippen molar-refractivity contribution in [2.75, 3.05) is 4.72 Å². The molecule has 1 aliphatic rings. The van der Waals surface area contributed by atoms with Crippen molar-refractivity contribution in [3.05, 3.63) is 24.2 Å². The van der Waals surface area contributed by atoms with E-state index >= 15 is 0 Å². The number of nitrogens with zero attached hydrogens (tertiary/aromatic N) is 3. The van der Waals surface area contributed by atoms with Crippen LogP contribution in [0.2, 0.25) is 0 Å². The van der Waals surface area contributed by atoms with Crippen molar-refractivity contribution in [1.82, 2.24) is 14.6 Å². The molecular formula is C13H18N4O2S. The molecule has 1 N–H and O–H groups in total. The van der Waals surface area contributed by atoms with E-state index in [2.05, 4.69) is 14.8 Å². The summed E-state index contributed by atoms with van der Waals surface area (Å²) < 4.78 is 29.2. The Morgan fingerprint density at radius 2 is 2.00 bits per heavy atom. The number of nitrogens with one attached hydrogen (secondary N) is 1. The van der Waals surface area contributed by atoms with Crippen molar-refractivity contribution in [1.29, 1.82) is 0 Å². The van der Waals surface area contributed by atoms with Gasteiger partial charge in [-0.15, -0.1) is 0 Å². The lowest BCUT2D eigenvalue weighted by Crippen LogP contribution is -2.30. The molecule has 0 unspecified atom stereocenters. The zero-order valence-electron chi connectivity index (χ0n) is 11.4. The van der Waals surface area contributed by atoms with E-state index in [1.165, 1.54) is 6.33 Å². The first-order valence-corrected chi connectivity index (χ1v) is 8.43. The van der Waals surface area contributed by atoms with Crippen LogP contribution in [0.15, 0.2) is 18.5 Å². The molecule has 0 bridgehead atoms. The minimum Gasteiger partial charge on any atom is -0.265 e. The van der Waals surface area contributed by atoms with Gasteiger partial charge in [0.15, 0.2) is 5.82 Å². The normalized spacial score (nSPS) is 17.4. The Labute approximate surface area is 118 Å². The quantitative estimate of drug-likeness (QED) is 0.940. The molecule has 3 rings (SSSR count). The molecule has 0 saturated heterocycles. The second-order valence-corrected chi connectivity index (χ2v) is 7.25. The van der Waals surface area contributed by atoms with Crippen molar-refractivity contribution < 1.29 is 8.42 Å². The molecule has 0 amide bonds. The Morgan fingerprint density at radius 3 is 2.75 bits per heavy atom. The van der Waals surface area contributed by atoms with Gasteiger partial charge in [0.25, 0.3) is 0 Å². The number of hydrogen-bond acceptors (Lipinski definition) is 4. The monoisotopic (exact) mass is 294 g/mol. The van der Waals surface area contributed by atoms with Gasteiger partial charge in [0, 0.05) is 5.69 Å². The van der Waals surface area contributed by atoms with Gasteiger partial charge >= 0.3 is 0 Å². The fourth-order valence-corrected chi connectivity index (χ4v) is 4.28.